The molecule has 0 aliphatic carbocycles. The van der Waals surface area contributed by atoms with Gasteiger partial charge in [-0.25, -0.2) is 4.79 Å². The van der Waals surface area contributed by atoms with Crippen molar-refractivity contribution >= 4 is 11.9 Å². The monoisotopic (exact) mass is 196 g/mol. The third-order valence-corrected chi connectivity index (χ3v) is 0.715. The van der Waals surface area contributed by atoms with E-state index in [1.54, 1.807) is 0 Å². The Morgan fingerprint density at radius 2 is 1.46 bits per heavy atom. The average molecular weight is 196 g/mol. The van der Waals surface area contributed by atoms with Gasteiger partial charge in [0.05, 0.1) is 6.42 Å². The van der Waals surface area contributed by atoms with Crippen LogP contribution < -0.4 is 0 Å². The van der Waals surface area contributed by atoms with E-state index < -0.39 is 30.8 Å². The van der Waals surface area contributed by atoms with Crippen molar-refractivity contribution in [3.8, 4) is 0 Å². The van der Waals surface area contributed by atoms with Crippen LogP contribution in [0.5, 0.6) is 0 Å². The van der Waals surface area contributed by atoms with E-state index in [0.29, 0.717) is 0 Å². The number of carboxylic acids is 2. The van der Waals surface area contributed by atoms with Crippen molar-refractivity contribution < 1.29 is 35.1 Å². The molecule has 0 fully saturated rings. The van der Waals surface area contributed by atoms with E-state index in [1.165, 1.54) is 6.92 Å². The van der Waals surface area contributed by atoms with Gasteiger partial charge in [0.25, 0.3) is 0 Å². The number of hydrogen-bond acceptors (Lipinski definition) is 5. The normalized spacial score (nSPS) is 11.5. The lowest BCUT2D eigenvalue weighted by Crippen LogP contribution is -2.13. The summed E-state index contributed by atoms with van der Waals surface area (Å²) in [4.78, 5) is 18.9. The average Bonchev–Trinajstić information content (AvgIpc) is 1.84. The summed E-state index contributed by atoms with van der Waals surface area (Å²) in [6, 6.07) is 0. The zero-order chi connectivity index (χ0) is 11.0. The van der Waals surface area contributed by atoms with Gasteiger partial charge in [-0.3, -0.25) is 4.79 Å². The Morgan fingerprint density at radius 1 is 1.15 bits per heavy atom. The first-order chi connectivity index (χ1) is 5.77. The molecule has 7 nitrogen and oxygen atoms in total. The molecule has 1 atom stereocenters. The molecule has 1 unspecified atom stereocenters. The van der Waals surface area contributed by atoms with Crippen LogP contribution in [0.3, 0.4) is 0 Å². The number of aliphatic hydroxyl groups excluding tert-OH is 2. The second kappa shape index (κ2) is 7.47. The Bertz CT molecular complexity index is 162. The largest absolute Gasteiger partial charge is 0.481 e. The van der Waals surface area contributed by atoms with Crippen LogP contribution in [0.25, 0.3) is 0 Å². The Morgan fingerprint density at radius 3 is 1.46 bits per heavy atom. The lowest BCUT2D eigenvalue weighted by molar-refractivity contribution is -0.146. The summed E-state index contributed by atoms with van der Waals surface area (Å²) >= 11 is 0. The molecule has 0 aliphatic heterocycles. The van der Waals surface area contributed by atoms with Gasteiger partial charge in [-0.1, -0.05) is 0 Å². The Hall–Kier alpha value is -1.18. The topological polar surface area (TPSA) is 135 Å². The Balaban J connectivity index is 0. The highest BCUT2D eigenvalue weighted by Crippen LogP contribution is 1.82. The molecule has 0 aromatic rings. The fourth-order valence-corrected chi connectivity index (χ4v) is 0.156. The first-order valence-electron chi connectivity index (χ1n) is 3.26. The van der Waals surface area contributed by atoms with Crippen LogP contribution in [0.4, 0.5) is 0 Å². The summed E-state index contributed by atoms with van der Waals surface area (Å²) in [5.41, 5.74) is 0. The minimum atomic E-state index is -1.72. The molecule has 7 heteroatoms. The van der Waals surface area contributed by atoms with E-state index in [9.17, 15) is 9.59 Å². The van der Waals surface area contributed by atoms with Crippen LogP contribution in [0.1, 0.15) is 13.3 Å². The van der Waals surface area contributed by atoms with Gasteiger partial charge in [0.1, 0.15) is 6.10 Å². The van der Waals surface area contributed by atoms with Crippen LogP contribution >= 0.6 is 0 Å². The molecule has 78 valence electrons. The summed E-state index contributed by atoms with van der Waals surface area (Å²) in [6.07, 6.45) is -3.57. The maximum absolute atomic E-state index is 9.49. The van der Waals surface area contributed by atoms with Crippen LogP contribution in [-0.4, -0.2) is 49.9 Å². The van der Waals surface area contributed by atoms with Crippen molar-refractivity contribution in [1.82, 2.24) is 0 Å². The maximum Gasteiger partial charge on any atom is 0.332 e. The minimum Gasteiger partial charge on any atom is -0.481 e. The predicted octanol–water partition coefficient (Wildman–Crippen LogP) is -1.78. The van der Waals surface area contributed by atoms with E-state index in [2.05, 4.69) is 0 Å². The van der Waals surface area contributed by atoms with Gasteiger partial charge < -0.3 is 25.5 Å². The van der Waals surface area contributed by atoms with Gasteiger partial charge in [-0.2, -0.15) is 0 Å². The SMILES string of the molecule is CC(O)C(=O)O.O=C(O)CC(O)O. The second-order valence-electron chi connectivity index (χ2n) is 2.09. The highest BCUT2D eigenvalue weighted by molar-refractivity contribution is 5.71. The highest BCUT2D eigenvalue weighted by atomic mass is 16.5. The highest BCUT2D eigenvalue weighted by Gasteiger charge is 2.02. The van der Waals surface area contributed by atoms with Gasteiger partial charge in [0.15, 0.2) is 6.29 Å². The second-order valence-corrected chi connectivity index (χ2v) is 2.09. The third kappa shape index (κ3) is 18.1. The number of rotatable bonds is 3. The van der Waals surface area contributed by atoms with E-state index in [1.807, 2.05) is 0 Å². The zero-order valence-electron chi connectivity index (χ0n) is 6.91. The summed E-state index contributed by atoms with van der Waals surface area (Å²) in [5.74, 6) is -2.40. The molecule has 0 radical (unpaired) electrons. The van der Waals surface area contributed by atoms with Gasteiger partial charge in [-0.15, -0.1) is 0 Å². The Labute approximate surface area is 73.9 Å². The van der Waals surface area contributed by atoms with Gasteiger partial charge in [0, 0.05) is 0 Å². The van der Waals surface area contributed by atoms with Gasteiger partial charge >= 0.3 is 11.9 Å². The molecule has 0 spiro atoms. The minimum absolute atomic E-state index is 0.611. The van der Waals surface area contributed by atoms with Crippen molar-refractivity contribution in [3.05, 3.63) is 0 Å². The van der Waals surface area contributed by atoms with Crippen molar-refractivity contribution in [2.45, 2.75) is 25.7 Å². The summed E-state index contributed by atoms with van der Waals surface area (Å²) in [5, 5.41) is 39.3. The molecular weight excluding hydrogens is 184 g/mol. The van der Waals surface area contributed by atoms with E-state index in [4.69, 9.17) is 25.5 Å². The molecule has 0 aromatic heterocycles. The summed E-state index contributed by atoms with van der Waals surface area (Å²) in [6.45, 7) is 1.20. The van der Waals surface area contributed by atoms with Crippen molar-refractivity contribution in [2.75, 3.05) is 0 Å². The van der Waals surface area contributed by atoms with Crippen molar-refractivity contribution in [1.29, 1.82) is 0 Å². The molecule has 0 saturated heterocycles. The third-order valence-electron chi connectivity index (χ3n) is 0.715. The van der Waals surface area contributed by atoms with Crippen LogP contribution in [0.2, 0.25) is 0 Å². The first-order valence-corrected chi connectivity index (χ1v) is 3.26. The summed E-state index contributed by atoms with van der Waals surface area (Å²) in [7, 11) is 0. The van der Waals surface area contributed by atoms with E-state index in [-0.39, 0.29) is 0 Å². The van der Waals surface area contributed by atoms with Gasteiger partial charge in [0.2, 0.25) is 0 Å². The lowest BCUT2D eigenvalue weighted by atomic mass is 10.4. The molecule has 0 aliphatic rings. The molecule has 13 heavy (non-hydrogen) atoms. The molecule has 0 saturated carbocycles. The predicted molar refractivity (Wildman–Crippen MR) is 39.8 cm³/mol. The van der Waals surface area contributed by atoms with Crippen LogP contribution in [0.15, 0.2) is 0 Å². The molecular formula is C6H12O7. The molecule has 0 bridgehead atoms. The molecule has 0 rings (SSSR count). The first kappa shape index (κ1) is 14.3. The fourth-order valence-electron chi connectivity index (χ4n) is 0.156. The van der Waals surface area contributed by atoms with E-state index in [0.717, 1.165) is 0 Å². The fraction of sp³-hybridized carbons (Fsp3) is 0.667. The smallest absolute Gasteiger partial charge is 0.332 e. The van der Waals surface area contributed by atoms with Crippen LogP contribution in [0, 0.1) is 0 Å². The quantitative estimate of drug-likeness (QED) is 0.337. The molecule has 5 N–H and O–H groups in total. The molecule has 0 heterocycles. The number of hydrogen-bond donors (Lipinski definition) is 5. The molecule has 0 aromatic carbocycles. The lowest BCUT2D eigenvalue weighted by Gasteiger charge is -1.93. The van der Waals surface area contributed by atoms with Crippen molar-refractivity contribution in [2.24, 2.45) is 0 Å². The van der Waals surface area contributed by atoms with Crippen LogP contribution in [-0.2, 0) is 9.59 Å². The van der Waals surface area contributed by atoms with Crippen molar-refractivity contribution in [3.63, 3.8) is 0 Å². The number of aliphatic hydroxyl groups is 3. The van der Waals surface area contributed by atoms with E-state index >= 15 is 0 Å². The zero-order valence-corrected chi connectivity index (χ0v) is 6.91. The number of aliphatic carboxylic acids is 2. The molecule has 0 amide bonds. The summed E-state index contributed by atoms with van der Waals surface area (Å²) < 4.78 is 0. The maximum atomic E-state index is 9.49. The standard InChI is InChI=1S/C3H6O4.C3H6O3/c4-2(5)1-3(6)7;1-2(4)3(5)6/h2,4-5H,1H2,(H,6,7);2,4H,1H3,(H,5,6). The number of carboxylic acid groups (broad SMARTS) is 2. The Kier molecular flexibility index (Phi) is 8.24. The van der Waals surface area contributed by atoms with Gasteiger partial charge in [-0.05, 0) is 6.92 Å². The number of carbonyl (C=O) groups is 2.